The second kappa shape index (κ2) is 4.19. The number of aromatic nitrogens is 1. The molecule has 1 unspecified atom stereocenters. The van der Waals surface area contributed by atoms with Gasteiger partial charge in [-0.25, -0.2) is 0 Å². The smallest absolute Gasteiger partial charge is 0.136 e. The fraction of sp³-hybridized carbons (Fsp3) is 0.455. The molecule has 0 spiro atoms. The van der Waals surface area contributed by atoms with Crippen molar-refractivity contribution in [3.8, 4) is 0 Å². The predicted molar refractivity (Wildman–Crippen MR) is 64.1 cm³/mol. The topological polar surface area (TPSA) is 81.0 Å². The van der Waals surface area contributed by atoms with E-state index in [1.807, 2.05) is 16.8 Å². The lowest BCUT2D eigenvalue weighted by Gasteiger charge is -2.38. The highest BCUT2D eigenvalue weighted by Gasteiger charge is 2.31. The third-order valence-electron chi connectivity index (χ3n) is 3.00. The van der Waals surface area contributed by atoms with Gasteiger partial charge < -0.3 is 15.6 Å². The number of hydrogen-bond donors (Lipinski definition) is 4. The van der Waals surface area contributed by atoms with Crippen molar-refractivity contribution in [2.45, 2.75) is 31.7 Å². The fourth-order valence-corrected chi connectivity index (χ4v) is 2.25. The van der Waals surface area contributed by atoms with Gasteiger partial charge in [-0.15, -0.1) is 0 Å². The van der Waals surface area contributed by atoms with Gasteiger partial charge in [-0.05, 0) is 18.6 Å². The average Bonchev–Trinajstić information content (AvgIpc) is 2.70. The fourth-order valence-electron chi connectivity index (χ4n) is 2.25. The lowest BCUT2D eigenvalue weighted by molar-refractivity contribution is 0.245. The van der Waals surface area contributed by atoms with Crippen molar-refractivity contribution in [2.24, 2.45) is 11.5 Å². The van der Waals surface area contributed by atoms with Crippen molar-refractivity contribution in [3.05, 3.63) is 36.4 Å². The van der Waals surface area contributed by atoms with E-state index in [1.54, 1.807) is 0 Å². The molecule has 0 aliphatic carbocycles. The lowest BCUT2D eigenvalue weighted by Crippen LogP contribution is -2.52. The molecule has 3 atom stereocenters. The highest BCUT2D eigenvalue weighted by atomic mass is 15.3. The summed E-state index contributed by atoms with van der Waals surface area (Å²) in [7, 11) is 0. The van der Waals surface area contributed by atoms with Gasteiger partial charge in [0.15, 0.2) is 0 Å². The predicted octanol–water partition coefficient (Wildman–Crippen LogP) is 0.345. The largest absolute Gasteiger partial charge is 0.386 e. The summed E-state index contributed by atoms with van der Waals surface area (Å²) in [5.41, 5.74) is 12.8. The Morgan fingerprint density at radius 2 is 2.44 bits per heavy atom. The lowest BCUT2D eigenvalue weighted by atomic mass is 10.00. The minimum Gasteiger partial charge on any atom is -0.386 e. The Labute approximate surface area is 95.5 Å². The Morgan fingerprint density at radius 1 is 1.69 bits per heavy atom. The van der Waals surface area contributed by atoms with E-state index in [0.29, 0.717) is 5.82 Å². The first-order chi connectivity index (χ1) is 7.63. The summed E-state index contributed by atoms with van der Waals surface area (Å²) >= 11 is 0. The van der Waals surface area contributed by atoms with Gasteiger partial charge in [0.1, 0.15) is 6.29 Å². The Morgan fingerprint density at radius 3 is 3.06 bits per heavy atom. The third-order valence-corrected chi connectivity index (χ3v) is 3.00. The summed E-state index contributed by atoms with van der Waals surface area (Å²) in [5, 5.41) is 6.54. The van der Waals surface area contributed by atoms with E-state index in [0.717, 1.165) is 12.1 Å². The van der Waals surface area contributed by atoms with Crippen molar-refractivity contribution in [1.29, 1.82) is 0 Å². The van der Waals surface area contributed by atoms with Crippen LogP contribution in [0, 0.1) is 0 Å². The number of rotatable bonds is 3. The zero-order chi connectivity index (χ0) is 11.7. The molecular formula is C11H19N5. The van der Waals surface area contributed by atoms with Gasteiger partial charge in [-0.2, -0.15) is 0 Å². The highest BCUT2D eigenvalue weighted by molar-refractivity contribution is 5.19. The van der Waals surface area contributed by atoms with Crippen LogP contribution < -0.4 is 22.1 Å². The molecule has 2 heterocycles. The van der Waals surface area contributed by atoms with Crippen molar-refractivity contribution >= 4 is 0 Å². The Balaban J connectivity index is 2.32. The second-order valence-electron chi connectivity index (χ2n) is 4.11. The zero-order valence-electron chi connectivity index (χ0n) is 9.48. The van der Waals surface area contributed by atoms with Crippen molar-refractivity contribution < 1.29 is 0 Å². The number of nitrogens with two attached hydrogens (primary N) is 2. The molecule has 16 heavy (non-hydrogen) atoms. The average molecular weight is 221 g/mol. The van der Waals surface area contributed by atoms with E-state index >= 15 is 0 Å². The molecule has 0 bridgehead atoms. The third kappa shape index (κ3) is 1.79. The molecule has 0 amide bonds. The van der Waals surface area contributed by atoms with E-state index in [1.165, 1.54) is 0 Å². The Hall–Kier alpha value is -1.46. The van der Waals surface area contributed by atoms with Crippen LogP contribution in [0.3, 0.4) is 0 Å². The molecule has 1 aromatic rings. The van der Waals surface area contributed by atoms with E-state index in [9.17, 15) is 0 Å². The van der Waals surface area contributed by atoms with Crippen LogP contribution in [0.1, 0.15) is 31.4 Å². The van der Waals surface area contributed by atoms with Crippen molar-refractivity contribution in [3.63, 3.8) is 0 Å². The molecule has 0 radical (unpaired) electrons. The summed E-state index contributed by atoms with van der Waals surface area (Å²) < 4.78 is 2.01. The van der Waals surface area contributed by atoms with Crippen LogP contribution >= 0.6 is 0 Å². The summed E-state index contributed by atoms with van der Waals surface area (Å²) in [4.78, 5) is 0. The van der Waals surface area contributed by atoms with Crippen molar-refractivity contribution in [1.82, 2.24) is 15.2 Å². The van der Waals surface area contributed by atoms with E-state index in [-0.39, 0.29) is 18.4 Å². The molecule has 1 aliphatic heterocycles. The quantitative estimate of drug-likeness (QED) is 0.593. The molecule has 0 fully saturated rings. The van der Waals surface area contributed by atoms with Crippen LogP contribution in [-0.4, -0.2) is 10.6 Å². The first-order valence-corrected chi connectivity index (χ1v) is 5.52. The maximum absolute atomic E-state index is 6.02. The van der Waals surface area contributed by atoms with E-state index in [2.05, 4.69) is 30.2 Å². The zero-order valence-corrected chi connectivity index (χ0v) is 9.48. The molecule has 88 valence electrons. The normalized spacial score (nSPS) is 28.5. The van der Waals surface area contributed by atoms with Crippen LogP contribution in [0.25, 0.3) is 0 Å². The van der Waals surface area contributed by atoms with Gasteiger partial charge in [-0.1, -0.05) is 13.5 Å². The Kier molecular flexibility index (Phi) is 2.89. The van der Waals surface area contributed by atoms with Crippen LogP contribution in [-0.2, 0) is 0 Å². The van der Waals surface area contributed by atoms with Crippen LogP contribution in [0.2, 0.25) is 0 Å². The number of nitrogens with one attached hydrogen (secondary N) is 2. The first kappa shape index (κ1) is 11.0. The van der Waals surface area contributed by atoms with Crippen LogP contribution in [0.5, 0.6) is 0 Å². The van der Waals surface area contributed by atoms with Gasteiger partial charge >= 0.3 is 0 Å². The number of nitrogens with zero attached hydrogens (tertiary/aromatic N) is 1. The maximum atomic E-state index is 6.02. The molecule has 5 nitrogen and oxygen atoms in total. The molecule has 1 aromatic heterocycles. The molecule has 2 rings (SSSR count). The number of fused-ring (bicyclic) bond motifs is 1. The summed E-state index contributed by atoms with van der Waals surface area (Å²) in [6, 6.07) is 4.43. The summed E-state index contributed by atoms with van der Waals surface area (Å²) in [6.07, 6.45) is 2.77. The molecule has 0 saturated carbocycles. The number of hydrogen-bond acceptors (Lipinski definition) is 4. The van der Waals surface area contributed by atoms with Gasteiger partial charge in [0.05, 0.1) is 11.9 Å². The van der Waals surface area contributed by atoms with Crippen LogP contribution in [0.15, 0.2) is 30.7 Å². The highest BCUT2D eigenvalue weighted by Crippen LogP contribution is 2.26. The van der Waals surface area contributed by atoms with Gasteiger partial charge in [0.25, 0.3) is 0 Å². The molecule has 1 aliphatic rings. The molecule has 5 heteroatoms. The van der Waals surface area contributed by atoms with Crippen molar-refractivity contribution in [2.75, 3.05) is 0 Å². The Bertz CT molecular complexity index is 383. The van der Waals surface area contributed by atoms with Crippen LogP contribution in [0.4, 0.5) is 0 Å². The molecular weight excluding hydrogens is 202 g/mol. The van der Waals surface area contributed by atoms with E-state index in [4.69, 9.17) is 11.5 Å². The first-order valence-electron chi connectivity index (χ1n) is 5.52. The SMILES string of the molecule is C=C(N)N[C@@H]1c2cccn2C(N)N[C@H]1CC. The van der Waals surface area contributed by atoms with Gasteiger partial charge in [0, 0.05) is 17.9 Å². The minimum absolute atomic E-state index is 0.122. The van der Waals surface area contributed by atoms with Gasteiger partial charge in [-0.3, -0.25) is 11.1 Å². The standard InChI is InChI=1S/C11H19N5/c1-3-8-10(14-7(2)12)9-5-4-6-16(9)11(13)15-8/h4-6,8,10-11,14-15H,2-3,12-13H2,1H3/t8-,10-,11?/m0/s1. The molecule has 0 saturated heterocycles. The molecule has 6 N–H and O–H groups in total. The maximum Gasteiger partial charge on any atom is 0.136 e. The van der Waals surface area contributed by atoms with E-state index < -0.39 is 0 Å². The second-order valence-corrected chi connectivity index (χ2v) is 4.11. The summed E-state index contributed by atoms with van der Waals surface area (Å²) in [6.45, 7) is 5.81. The van der Waals surface area contributed by atoms with Gasteiger partial charge in [0.2, 0.25) is 0 Å². The monoisotopic (exact) mass is 221 g/mol. The molecule has 0 aromatic carbocycles. The minimum atomic E-state index is -0.168. The summed E-state index contributed by atoms with van der Waals surface area (Å²) in [5.74, 6) is 0.480.